The van der Waals surface area contributed by atoms with Gasteiger partial charge in [0.05, 0.1) is 12.7 Å². The maximum atomic E-state index is 12.1. The molecule has 0 spiro atoms. The van der Waals surface area contributed by atoms with Crippen LogP contribution in [-0.4, -0.2) is 42.0 Å². The minimum Gasteiger partial charge on any atom is -0.376 e. The van der Waals surface area contributed by atoms with Crippen molar-refractivity contribution in [2.24, 2.45) is 0 Å². The first-order valence-corrected chi connectivity index (χ1v) is 7.42. The summed E-state index contributed by atoms with van der Waals surface area (Å²) in [5.41, 5.74) is 0.974. The van der Waals surface area contributed by atoms with E-state index in [0.717, 1.165) is 31.7 Å². The molecule has 1 atom stereocenters. The molecular weight excluding hydrogens is 250 g/mol. The molecule has 3 nitrogen and oxygen atoms in total. The lowest BCUT2D eigenvalue weighted by atomic mass is 10.0. The Hall–Kier alpha value is -1.19. The van der Waals surface area contributed by atoms with E-state index >= 15 is 0 Å². The van der Waals surface area contributed by atoms with E-state index in [1.54, 1.807) is 0 Å². The molecule has 1 aromatic carbocycles. The lowest BCUT2D eigenvalue weighted by Gasteiger charge is -2.41. The third-order valence-electron chi connectivity index (χ3n) is 3.88. The predicted octanol–water partition coefficient (Wildman–Crippen LogP) is 3.15. The standard InChI is InChI=1S/C17H25NO2/c1-17(2,3)18-11-12-20-15(13-18)9-10-16(19)14-7-5-4-6-8-14/h4-8,15H,9-13H2,1-3H3. The number of nitrogens with zero attached hydrogens (tertiary/aromatic N) is 1. The molecule has 110 valence electrons. The van der Waals surface area contributed by atoms with Gasteiger partial charge in [-0.2, -0.15) is 0 Å². The largest absolute Gasteiger partial charge is 0.376 e. The molecule has 1 aromatic rings. The van der Waals surface area contributed by atoms with Crippen molar-refractivity contribution in [1.82, 2.24) is 4.90 Å². The molecule has 0 saturated carbocycles. The molecule has 20 heavy (non-hydrogen) atoms. The average molecular weight is 275 g/mol. The third kappa shape index (κ3) is 4.15. The van der Waals surface area contributed by atoms with Gasteiger partial charge in [0.2, 0.25) is 0 Å². The van der Waals surface area contributed by atoms with E-state index in [0.29, 0.717) is 6.42 Å². The van der Waals surface area contributed by atoms with Gasteiger partial charge in [-0.05, 0) is 27.2 Å². The van der Waals surface area contributed by atoms with Gasteiger partial charge in [0, 0.05) is 30.6 Å². The fraction of sp³-hybridized carbons (Fsp3) is 0.588. The molecule has 1 unspecified atom stereocenters. The van der Waals surface area contributed by atoms with Crippen LogP contribution < -0.4 is 0 Å². The fourth-order valence-electron chi connectivity index (χ4n) is 2.56. The molecule has 1 saturated heterocycles. The van der Waals surface area contributed by atoms with Gasteiger partial charge >= 0.3 is 0 Å². The number of carbonyl (C=O) groups is 1. The Labute approximate surface area is 121 Å². The van der Waals surface area contributed by atoms with Crippen LogP contribution in [0.5, 0.6) is 0 Å². The fourth-order valence-corrected chi connectivity index (χ4v) is 2.56. The highest BCUT2D eigenvalue weighted by Crippen LogP contribution is 2.20. The first kappa shape index (κ1) is 15.2. The molecule has 0 bridgehead atoms. The smallest absolute Gasteiger partial charge is 0.162 e. The molecule has 0 aromatic heterocycles. The molecule has 1 aliphatic heterocycles. The van der Waals surface area contributed by atoms with Crippen molar-refractivity contribution < 1.29 is 9.53 Å². The van der Waals surface area contributed by atoms with Gasteiger partial charge in [0.15, 0.2) is 5.78 Å². The highest BCUT2D eigenvalue weighted by atomic mass is 16.5. The molecule has 1 fully saturated rings. The number of carbonyl (C=O) groups excluding carboxylic acids is 1. The number of hydrogen-bond acceptors (Lipinski definition) is 3. The van der Waals surface area contributed by atoms with Crippen LogP contribution in [0.15, 0.2) is 30.3 Å². The number of rotatable bonds is 4. The van der Waals surface area contributed by atoms with Gasteiger partial charge in [-0.1, -0.05) is 30.3 Å². The van der Waals surface area contributed by atoms with Crippen molar-refractivity contribution in [3.05, 3.63) is 35.9 Å². The molecule has 0 radical (unpaired) electrons. The van der Waals surface area contributed by atoms with Gasteiger partial charge < -0.3 is 4.74 Å². The second kappa shape index (κ2) is 6.51. The Bertz CT molecular complexity index is 436. The molecule has 1 aliphatic rings. The molecule has 1 heterocycles. The highest BCUT2D eigenvalue weighted by Gasteiger charge is 2.28. The van der Waals surface area contributed by atoms with Crippen LogP contribution in [0, 0.1) is 0 Å². The lowest BCUT2D eigenvalue weighted by Crippen LogP contribution is -2.51. The molecular formula is C17H25NO2. The lowest BCUT2D eigenvalue weighted by molar-refractivity contribution is -0.0605. The first-order chi connectivity index (χ1) is 9.47. The summed E-state index contributed by atoms with van der Waals surface area (Å²) in [7, 11) is 0. The summed E-state index contributed by atoms with van der Waals surface area (Å²) in [6, 6.07) is 9.51. The molecule has 2 rings (SSSR count). The van der Waals surface area contributed by atoms with Crippen LogP contribution in [0.3, 0.4) is 0 Å². The van der Waals surface area contributed by atoms with Crippen molar-refractivity contribution in [1.29, 1.82) is 0 Å². The van der Waals surface area contributed by atoms with E-state index in [-0.39, 0.29) is 17.4 Å². The maximum Gasteiger partial charge on any atom is 0.162 e. The van der Waals surface area contributed by atoms with Crippen molar-refractivity contribution in [2.75, 3.05) is 19.7 Å². The van der Waals surface area contributed by atoms with Crippen LogP contribution in [0.4, 0.5) is 0 Å². The van der Waals surface area contributed by atoms with Crippen molar-refractivity contribution in [3.63, 3.8) is 0 Å². The number of Topliss-reactive ketones (excluding diaryl/α,β-unsaturated/α-hetero) is 1. The number of morpholine rings is 1. The van der Waals surface area contributed by atoms with E-state index in [9.17, 15) is 4.79 Å². The Kier molecular flexibility index (Phi) is 4.95. The Morgan fingerprint density at radius 1 is 1.30 bits per heavy atom. The zero-order valence-electron chi connectivity index (χ0n) is 12.8. The van der Waals surface area contributed by atoms with Crippen molar-refractivity contribution >= 4 is 5.78 Å². The summed E-state index contributed by atoms with van der Waals surface area (Å²) < 4.78 is 5.80. The summed E-state index contributed by atoms with van der Waals surface area (Å²) in [4.78, 5) is 14.5. The van der Waals surface area contributed by atoms with E-state index in [1.807, 2.05) is 30.3 Å². The second-order valence-electron chi connectivity index (χ2n) is 6.44. The number of ketones is 1. The summed E-state index contributed by atoms with van der Waals surface area (Å²) in [5.74, 6) is 0.210. The Morgan fingerprint density at radius 3 is 2.65 bits per heavy atom. The van der Waals surface area contributed by atoms with E-state index in [1.165, 1.54) is 0 Å². The SMILES string of the molecule is CC(C)(C)N1CCOC(CCC(=O)c2ccccc2)C1. The first-order valence-electron chi connectivity index (χ1n) is 7.42. The van der Waals surface area contributed by atoms with E-state index in [2.05, 4.69) is 25.7 Å². The Balaban J connectivity index is 1.84. The normalized spacial score (nSPS) is 20.9. The van der Waals surface area contributed by atoms with E-state index < -0.39 is 0 Å². The molecule has 0 aliphatic carbocycles. The van der Waals surface area contributed by atoms with E-state index in [4.69, 9.17) is 4.74 Å². The van der Waals surface area contributed by atoms with Gasteiger partial charge in [0.1, 0.15) is 0 Å². The topological polar surface area (TPSA) is 29.5 Å². The quantitative estimate of drug-likeness (QED) is 0.791. The van der Waals surface area contributed by atoms with Crippen LogP contribution >= 0.6 is 0 Å². The highest BCUT2D eigenvalue weighted by molar-refractivity contribution is 5.95. The zero-order chi connectivity index (χ0) is 14.6. The number of hydrogen-bond donors (Lipinski definition) is 0. The van der Waals surface area contributed by atoms with Crippen molar-refractivity contribution in [3.8, 4) is 0 Å². The third-order valence-corrected chi connectivity index (χ3v) is 3.88. The second-order valence-corrected chi connectivity index (χ2v) is 6.44. The van der Waals surface area contributed by atoms with Crippen LogP contribution in [-0.2, 0) is 4.74 Å². The van der Waals surface area contributed by atoms with Gasteiger partial charge in [-0.3, -0.25) is 9.69 Å². The summed E-state index contributed by atoms with van der Waals surface area (Å²) >= 11 is 0. The summed E-state index contributed by atoms with van der Waals surface area (Å²) in [5, 5.41) is 0. The number of ether oxygens (including phenoxy) is 1. The van der Waals surface area contributed by atoms with Crippen LogP contribution in [0.25, 0.3) is 0 Å². The maximum absolute atomic E-state index is 12.1. The zero-order valence-corrected chi connectivity index (χ0v) is 12.8. The molecule has 0 N–H and O–H groups in total. The number of benzene rings is 1. The average Bonchev–Trinajstić information content (AvgIpc) is 2.45. The van der Waals surface area contributed by atoms with Crippen molar-refractivity contribution in [2.45, 2.75) is 45.3 Å². The predicted molar refractivity (Wildman–Crippen MR) is 81.1 cm³/mol. The van der Waals surface area contributed by atoms with Gasteiger partial charge in [-0.25, -0.2) is 0 Å². The minimum atomic E-state index is 0.172. The van der Waals surface area contributed by atoms with Gasteiger partial charge in [0.25, 0.3) is 0 Å². The molecule has 3 heteroatoms. The van der Waals surface area contributed by atoms with Crippen LogP contribution in [0.2, 0.25) is 0 Å². The molecule has 0 amide bonds. The Morgan fingerprint density at radius 2 is 2.00 bits per heavy atom. The summed E-state index contributed by atoms with van der Waals surface area (Å²) in [6.07, 6.45) is 1.54. The minimum absolute atomic E-state index is 0.172. The van der Waals surface area contributed by atoms with Crippen LogP contribution in [0.1, 0.15) is 44.0 Å². The van der Waals surface area contributed by atoms with Gasteiger partial charge in [-0.15, -0.1) is 0 Å². The summed E-state index contributed by atoms with van der Waals surface area (Å²) in [6.45, 7) is 9.35. The monoisotopic (exact) mass is 275 g/mol.